The van der Waals surface area contributed by atoms with Crippen molar-refractivity contribution < 1.29 is 9.59 Å². The van der Waals surface area contributed by atoms with Crippen molar-refractivity contribution in [1.29, 1.82) is 0 Å². The zero-order chi connectivity index (χ0) is 15.1. The minimum atomic E-state index is -0.351. The summed E-state index contributed by atoms with van der Waals surface area (Å²) in [4.78, 5) is 25.9. The molecule has 0 fully saturated rings. The summed E-state index contributed by atoms with van der Waals surface area (Å²) in [6, 6.07) is 16.3. The molecule has 2 amide bonds. The van der Waals surface area contributed by atoms with Crippen LogP contribution < -0.4 is 4.90 Å². The molecule has 6 heteroatoms. The molecule has 1 aliphatic heterocycles. The van der Waals surface area contributed by atoms with Crippen LogP contribution in [0.15, 0.2) is 54.6 Å². The van der Waals surface area contributed by atoms with Gasteiger partial charge in [-0.2, -0.15) is 0 Å². The predicted octanol–water partition coefficient (Wildman–Crippen LogP) is 3.01. The summed E-state index contributed by atoms with van der Waals surface area (Å²) in [7, 11) is 0. The van der Waals surface area contributed by atoms with E-state index in [2.05, 4.69) is 10.2 Å². The Morgan fingerprint density at radius 3 is 2.00 bits per heavy atom. The molecule has 0 saturated carbocycles. The van der Waals surface area contributed by atoms with E-state index in [1.54, 1.807) is 24.3 Å². The number of rotatable bonds is 2. The van der Waals surface area contributed by atoms with Crippen molar-refractivity contribution in [1.82, 2.24) is 10.2 Å². The molecule has 106 valence electrons. The monoisotopic (exact) mass is 307 g/mol. The van der Waals surface area contributed by atoms with Gasteiger partial charge in [0.1, 0.15) is 5.01 Å². The third kappa shape index (κ3) is 1.85. The normalized spacial score (nSPS) is 13.5. The highest BCUT2D eigenvalue weighted by atomic mass is 32.1. The Labute approximate surface area is 129 Å². The molecular formula is C16H9N3O2S. The number of hydrogen-bond donors (Lipinski definition) is 0. The Kier molecular flexibility index (Phi) is 2.83. The van der Waals surface area contributed by atoms with E-state index in [0.29, 0.717) is 21.3 Å². The molecule has 22 heavy (non-hydrogen) atoms. The van der Waals surface area contributed by atoms with E-state index in [1.165, 1.54) is 11.3 Å². The lowest BCUT2D eigenvalue weighted by molar-refractivity contribution is 0.0926. The summed E-state index contributed by atoms with van der Waals surface area (Å²) in [5.41, 5.74) is 1.72. The van der Waals surface area contributed by atoms with Gasteiger partial charge in [-0.05, 0) is 12.1 Å². The van der Waals surface area contributed by atoms with Crippen LogP contribution in [0.3, 0.4) is 0 Å². The van der Waals surface area contributed by atoms with Gasteiger partial charge in [-0.1, -0.05) is 53.8 Å². The molecule has 2 aromatic carbocycles. The smallest absolute Gasteiger partial charge is 0.268 e. The van der Waals surface area contributed by atoms with Gasteiger partial charge in [0.05, 0.1) is 11.1 Å². The number of anilines is 1. The third-order valence-corrected chi connectivity index (χ3v) is 4.38. The summed E-state index contributed by atoms with van der Waals surface area (Å²) < 4.78 is 0. The molecular weight excluding hydrogens is 298 g/mol. The van der Waals surface area contributed by atoms with Gasteiger partial charge >= 0.3 is 0 Å². The van der Waals surface area contributed by atoms with E-state index in [9.17, 15) is 9.59 Å². The highest BCUT2D eigenvalue weighted by Gasteiger charge is 2.38. The van der Waals surface area contributed by atoms with Crippen LogP contribution in [0.2, 0.25) is 0 Å². The fourth-order valence-corrected chi connectivity index (χ4v) is 3.21. The van der Waals surface area contributed by atoms with Gasteiger partial charge in [-0.15, -0.1) is 10.2 Å². The highest BCUT2D eigenvalue weighted by Crippen LogP contribution is 2.33. The van der Waals surface area contributed by atoms with Crippen LogP contribution in [-0.2, 0) is 0 Å². The quantitative estimate of drug-likeness (QED) is 0.683. The molecule has 0 aliphatic carbocycles. The van der Waals surface area contributed by atoms with Gasteiger partial charge in [0.15, 0.2) is 0 Å². The maximum Gasteiger partial charge on any atom is 0.268 e. The summed E-state index contributed by atoms with van der Waals surface area (Å²) in [6.07, 6.45) is 0. The number of carbonyl (C=O) groups excluding carboxylic acids is 2. The Balaban J connectivity index is 1.74. The second-order valence-electron chi connectivity index (χ2n) is 4.75. The summed E-state index contributed by atoms with van der Waals surface area (Å²) in [5, 5.41) is 9.07. The predicted molar refractivity (Wildman–Crippen MR) is 82.9 cm³/mol. The van der Waals surface area contributed by atoms with E-state index in [0.717, 1.165) is 10.5 Å². The number of amides is 2. The number of aromatic nitrogens is 2. The van der Waals surface area contributed by atoms with Gasteiger partial charge in [-0.3, -0.25) is 9.59 Å². The van der Waals surface area contributed by atoms with Crippen LogP contribution in [0.5, 0.6) is 0 Å². The summed E-state index contributed by atoms with van der Waals surface area (Å²) in [6.45, 7) is 0. The molecule has 0 unspecified atom stereocenters. The molecule has 3 aromatic rings. The van der Waals surface area contributed by atoms with Crippen LogP contribution in [-0.4, -0.2) is 22.0 Å². The fraction of sp³-hybridized carbons (Fsp3) is 0. The molecule has 1 aliphatic rings. The topological polar surface area (TPSA) is 63.2 Å². The van der Waals surface area contributed by atoms with Crippen LogP contribution in [0.1, 0.15) is 20.7 Å². The number of imide groups is 1. The van der Waals surface area contributed by atoms with Crippen molar-refractivity contribution in [2.75, 3.05) is 4.90 Å². The Morgan fingerprint density at radius 1 is 0.773 bits per heavy atom. The van der Waals surface area contributed by atoms with Gasteiger partial charge in [0, 0.05) is 5.56 Å². The Hall–Kier alpha value is -2.86. The molecule has 1 aromatic heterocycles. The number of carbonyl (C=O) groups is 2. The average Bonchev–Trinajstić information content (AvgIpc) is 3.13. The van der Waals surface area contributed by atoms with Gasteiger partial charge < -0.3 is 0 Å². The van der Waals surface area contributed by atoms with E-state index >= 15 is 0 Å². The van der Waals surface area contributed by atoms with E-state index in [4.69, 9.17) is 0 Å². The second kappa shape index (κ2) is 4.85. The Bertz CT molecular complexity index is 854. The van der Waals surface area contributed by atoms with Crippen molar-refractivity contribution in [3.05, 3.63) is 65.7 Å². The summed E-state index contributed by atoms with van der Waals surface area (Å²) >= 11 is 1.22. The molecule has 0 atom stereocenters. The van der Waals surface area contributed by atoms with Gasteiger partial charge in [-0.25, -0.2) is 4.90 Å². The minimum Gasteiger partial charge on any atom is -0.268 e. The maximum absolute atomic E-state index is 12.4. The molecule has 4 rings (SSSR count). The van der Waals surface area contributed by atoms with Crippen LogP contribution in [0.4, 0.5) is 5.13 Å². The first-order chi connectivity index (χ1) is 10.8. The van der Waals surface area contributed by atoms with Gasteiger partial charge in [0.25, 0.3) is 11.8 Å². The highest BCUT2D eigenvalue weighted by molar-refractivity contribution is 7.18. The van der Waals surface area contributed by atoms with E-state index < -0.39 is 0 Å². The maximum atomic E-state index is 12.4. The lowest BCUT2D eigenvalue weighted by atomic mass is 10.1. The van der Waals surface area contributed by atoms with E-state index in [-0.39, 0.29) is 11.8 Å². The fourth-order valence-electron chi connectivity index (χ4n) is 2.37. The largest absolute Gasteiger partial charge is 0.268 e. The van der Waals surface area contributed by atoms with Gasteiger partial charge in [0.2, 0.25) is 5.13 Å². The zero-order valence-corrected chi connectivity index (χ0v) is 12.1. The van der Waals surface area contributed by atoms with Crippen molar-refractivity contribution in [3.8, 4) is 10.6 Å². The Morgan fingerprint density at radius 2 is 1.36 bits per heavy atom. The minimum absolute atomic E-state index is 0.296. The number of hydrogen-bond acceptors (Lipinski definition) is 5. The molecule has 0 spiro atoms. The molecule has 0 radical (unpaired) electrons. The first-order valence-electron chi connectivity index (χ1n) is 6.62. The van der Waals surface area contributed by atoms with Crippen LogP contribution >= 0.6 is 11.3 Å². The van der Waals surface area contributed by atoms with Crippen LogP contribution in [0.25, 0.3) is 10.6 Å². The number of fused-ring (bicyclic) bond motifs is 1. The van der Waals surface area contributed by atoms with Crippen molar-refractivity contribution >= 4 is 28.3 Å². The zero-order valence-electron chi connectivity index (χ0n) is 11.3. The SMILES string of the molecule is O=C1c2ccccc2C(=O)N1c1nnc(-c2ccccc2)s1. The lowest BCUT2D eigenvalue weighted by Gasteiger charge is -2.07. The summed E-state index contributed by atoms with van der Waals surface area (Å²) in [5.74, 6) is -0.701. The van der Waals surface area contributed by atoms with Crippen molar-refractivity contribution in [2.24, 2.45) is 0 Å². The first kappa shape index (κ1) is 12.8. The molecule has 0 bridgehead atoms. The number of benzene rings is 2. The second-order valence-corrected chi connectivity index (χ2v) is 5.70. The average molecular weight is 307 g/mol. The third-order valence-electron chi connectivity index (χ3n) is 3.42. The van der Waals surface area contributed by atoms with Crippen molar-refractivity contribution in [2.45, 2.75) is 0 Å². The molecule has 2 heterocycles. The first-order valence-corrected chi connectivity index (χ1v) is 7.44. The number of nitrogens with zero attached hydrogens (tertiary/aromatic N) is 3. The van der Waals surface area contributed by atoms with Crippen molar-refractivity contribution in [3.63, 3.8) is 0 Å². The van der Waals surface area contributed by atoms with E-state index in [1.807, 2.05) is 30.3 Å². The lowest BCUT2D eigenvalue weighted by Crippen LogP contribution is -2.29. The molecule has 0 N–H and O–H groups in total. The van der Waals surface area contributed by atoms with Crippen LogP contribution in [0, 0.1) is 0 Å². The molecule has 0 saturated heterocycles. The molecule has 5 nitrogen and oxygen atoms in total. The standard InChI is InChI=1S/C16H9N3O2S/c20-14-11-8-4-5-9-12(11)15(21)19(14)16-18-17-13(22-16)10-6-2-1-3-7-10/h1-9H.